The fraction of sp³-hybridized carbons (Fsp3) is 0.0952. The summed E-state index contributed by atoms with van der Waals surface area (Å²) in [5.41, 5.74) is 2.73. The van der Waals surface area contributed by atoms with Gasteiger partial charge in [-0.15, -0.1) is 69.1 Å². The summed E-state index contributed by atoms with van der Waals surface area (Å²) in [4.78, 5) is 0. The third-order valence-electron chi connectivity index (χ3n) is 3.79. The number of fused-ring (bicyclic) bond motifs is 2. The van der Waals surface area contributed by atoms with Crippen molar-refractivity contribution in [2.75, 3.05) is 0 Å². The Morgan fingerprint density at radius 2 is 1.12 bits per heavy atom. The zero-order valence-electron chi connectivity index (χ0n) is 13.9. The van der Waals surface area contributed by atoms with E-state index in [4.69, 9.17) is 17.0 Å². The molecule has 0 atom stereocenters. The van der Waals surface area contributed by atoms with Crippen molar-refractivity contribution in [1.29, 1.82) is 0 Å². The average molecular weight is 435 g/mol. The van der Waals surface area contributed by atoms with E-state index in [9.17, 15) is 0 Å². The van der Waals surface area contributed by atoms with Crippen molar-refractivity contribution in [3.05, 3.63) is 83.9 Å². The summed E-state index contributed by atoms with van der Waals surface area (Å²) < 4.78 is 3.37. The number of halogens is 2. The van der Waals surface area contributed by atoms with Crippen LogP contribution in [0.15, 0.2) is 72.8 Å². The standard InChI is InChI=1S/2C10H9.CH2.2ClH.Zr/c2*1-8-4-2-5-9-6-3-7-10(8)9;;;;/h2*2-7H,1H3;1H2;2*1H;/q2*-1;;;;+2/p-2. The molecule has 0 fully saturated rings. The van der Waals surface area contributed by atoms with Gasteiger partial charge in [0.1, 0.15) is 0 Å². The Morgan fingerprint density at radius 3 is 1.46 bits per heavy atom. The van der Waals surface area contributed by atoms with E-state index in [1.165, 1.54) is 32.7 Å². The molecule has 0 amide bonds. The number of benzene rings is 2. The predicted octanol–water partition coefficient (Wildman–Crippen LogP) is 7.08. The van der Waals surface area contributed by atoms with Gasteiger partial charge >= 0.3 is 40.1 Å². The molecule has 124 valence electrons. The normalized spacial score (nSPS) is 9.83. The Bertz CT molecular complexity index is 855. The van der Waals surface area contributed by atoms with E-state index in [2.05, 4.69) is 90.9 Å². The van der Waals surface area contributed by atoms with Crippen molar-refractivity contribution in [2.45, 2.75) is 13.8 Å². The molecule has 0 heterocycles. The molecule has 0 saturated carbocycles. The number of rotatable bonds is 0. The van der Waals surface area contributed by atoms with Crippen molar-refractivity contribution in [1.82, 2.24) is 0 Å². The Morgan fingerprint density at radius 1 is 0.750 bits per heavy atom. The summed E-state index contributed by atoms with van der Waals surface area (Å²) in [7, 11) is 10.3. The van der Waals surface area contributed by atoms with E-state index < -0.39 is 18.9 Å². The molecule has 0 spiro atoms. The van der Waals surface area contributed by atoms with Crippen molar-refractivity contribution in [3.63, 3.8) is 0 Å². The first kappa shape index (κ1) is 19.3. The van der Waals surface area contributed by atoms with Crippen molar-refractivity contribution >= 4 is 42.8 Å². The molecule has 4 rings (SSSR count). The molecule has 0 saturated heterocycles. The van der Waals surface area contributed by atoms with Crippen LogP contribution in [0.2, 0.25) is 0 Å². The summed E-state index contributed by atoms with van der Waals surface area (Å²) in [5.74, 6) is 0. The molecule has 4 aromatic rings. The Kier molecular flexibility index (Phi) is 7.62. The average Bonchev–Trinajstić information content (AvgIpc) is 3.17. The van der Waals surface area contributed by atoms with Gasteiger partial charge in [0.25, 0.3) is 0 Å². The van der Waals surface area contributed by atoms with Crippen LogP contribution in [0.1, 0.15) is 11.1 Å². The molecule has 0 N–H and O–H groups in total. The van der Waals surface area contributed by atoms with Crippen LogP contribution < -0.4 is 0 Å². The fourth-order valence-corrected chi connectivity index (χ4v) is 2.65. The Hall–Kier alpha value is -1.01. The summed E-state index contributed by atoms with van der Waals surface area (Å²) in [6.07, 6.45) is 0. The second kappa shape index (κ2) is 9.47. The quantitative estimate of drug-likeness (QED) is 0.260. The van der Waals surface area contributed by atoms with Crippen LogP contribution in [0.25, 0.3) is 21.5 Å². The number of aryl methyl sites for hydroxylation is 2. The van der Waals surface area contributed by atoms with Crippen LogP contribution in [0, 0.1) is 13.8 Å². The maximum absolute atomic E-state index is 5.13. The summed E-state index contributed by atoms with van der Waals surface area (Å²) in [5, 5.41) is 5.45. The van der Waals surface area contributed by atoms with Crippen molar-refractivity contribution in [2.24, 2.45) is 0 Å². The van der Waals surface area contributed by atoms with Crippen LogP contribution in [0.4, 0.5) is 0 Å². The monoisotopic (exact) mass is 432 g/mol. The fourth-order valence-electron chi connectivity index (χ4n) is 2.65. The minimum atomic E-state index is -1.85. The van der Waals surface area contributed by atoms with E-state index >= 15 is 0 Å². The van der Waals surface area contributed by atoms with Gasteiger partial charge in [-0.3, -0.25) is 0 Å². The van der Waals surface area contributed by atoms with Gasteiger partial charge in [0.15, 0.2) is 0 Å². The van der Waals surface area contributed by atoms with Crippen LogP contribution in [0.5, 0.6) is 0 Å². The van der Waals surface area contributed by atoms with Gasteiger partial charge in [0.2, 0.25) is 0 Å². The molecular formula is C21H20Cl2Zr-2. The zero-order valence-corrected chi connectivity index (χ0v) is 17.9. The van der Waals surface area contributed by atoms with Gasteiger partial charge in [-0.25, -0.2) is 0 Å². The first-order valence-corrected chi connectivity index (χ1v) is 15.8. The van der Waals surface area contributed by atoms with Gasteiger partial charge in [-0.2, -0.15) is 24.3 Å². The summed E-state index contributed by atoms with van der Waals surface area (Å²) >= 11 is -1.85. The SMILES string of the molecule is Cc1cccc2cc[cH-]c12.Cc1cccc2cc[cH-]c12.[CH2]=[Zr]([Cl])[Cl]. The molecule has 4 aromatic carbocycles. The number of hydrogen-bond acceptors (Lipinski definition) is 0. The molecule has 0 bridgehead atoms. The molecule has 0 radical (unpaired) electrons. The molecule has 0 aliphatic carbocycles. The molecular weight excluding hydrogens is 414 g/mol. The second-order valence-electron chi connectivity index (χ2n) is 5.55. The predicted molar refractivity (Wildman–Crippen MR) is 107 cm³/mol. The third-order valence-corrected chi connectivity index (χ3v) is 3.79. The van der Waals surface area contributed by atoms with Crippen LogP contribution in [-0.2, 0) is 18.9 Å². The van der Waals surface area contributed by atoms with Gasteiger partial charge in [0.05, 0.1) is 0 Å². The van der Waals surface area contributed by atoms with E-state index in [0.29, 0.717) is 0 Å². The van der Waals surface area contributed by atoms with E-state index in [1.54, 1.807) is 0 Å². The molecule has 0 nitrogen and oxygen atoms in total. The zero-order chi connectivity index (χ0) is 17.5. The van der Waals surface area contributed by atoms with Crippen LogP contribution in [0.3, 0.4) is 0 Å². The Labute approximate surface area is 158 Å². The molecule has 0 unspecified atom stereocenters. The minimum absolute atomic E-state index is 1.35. The molecule has 0 aliphatic rings. The number of hydrogen-bond donors (Lipinski definition) is 0. The first-order valence-electron chi connectivity index (χ1n) is 7.71. The van der Waals surface area contributed by atoms with Gasteiger partial charge in [-0.1, -0.05) is 26.0 Å². The molecule has 0 aliphatic heterocycles. The van der Waals surface area contributed by atoms with Crippen LogP contribution in [-0.4, -0.2) is 4.21 Å². The van der Waals surface area contributed by atoms with Gasteiger partial charge in [-0.05, 0) is 0 Å². The van der Waals surface area contributed by atoms with E-state index in [1.807, 2.05) is 0 Å². The summed E-state index contributed by atoms with van der Waals surface area (Å²) in [6.45, 7) is 4.28. The molecule has 24 heavy (non-hydrogen) atoms. The topological polar surface area (TPSA) is 0 Å². The maximum atomic E-state index is 5.13. The van der Waals surface area contributed by atoms with E-state index in [-0.39, 0.29) is 0 Å². The van der Waals surface area contributed by atoms with Crippen LogP contribution >= 0.6 is 17.0 Å². The van der Waals surface area contributed by atoms with E-state index in [0.717, 1.165) is 0 Å². The summed E-state index contributed by atoms with van der Waals surface area (Å²) in [6, 6.07) is 25.5. The Balaban J connectivity index is 0.000000143. The third kappa shape index (κ3) is 5.52. The molecule has 0 aromatic heterocycles. The van der Waals surface area contributed by atoms with Crippen molar-refractivity contribution < 1.29 is 18.9 Å². The first-order chi connectivity index (χ1) is 11.5. The van der Waals surface area contributed by atoms with Gasteiger partial charge < -0.3 is 0 Å². The second-order valence-corrected chi connectivity index (χ2v) is 13.8. The van der Waals surface area contributed by atoms with Crippen molar-refractivity contribution in [3.8, 4) is 0 Å². The molecule has 3 heteroatoms. The van der Waals surface area contributed by atoms with Gasteiger partial charge in [0, 0.05) is 0 Å².